The van der Waals surface area contributed by atoms with Crippen LogP contribution in [0.3, 0.4) is 0 Å². The molecule has 0 aliphatic rings. The zero-order valence-corrected chi connectivity index (χ0v) is 8.34. The van der Waals surface area contributed by atoms with Gasteiger partial charge in [-0.3, -0.25) is 4.79 Å². The summed E-state index contributed by atoms with van der Waals surface area (Å²) in [5.74, 6) is -0.104. The SMILES string of the molecule is C=CCCNCCOC(=O)CCC. The molecule has 3 heteroatoms. The first-order valence-corrected chi connectivity index (χ1v) is 4.78. The molecule has 0 heterocycles. The molecule has 0 saturated carbocycles. The Morgan fingerprint density at radius 1 is 1.54 bits per heavy atom. The van der Waals surface area contributed by atoms with Crippen molar-refractivity contribution in [1.82, 2.24) is 5.32 Å². The Hall–Kier alpha value is -0.830. The Balaban J connectivity index is 3.06. The molecule has 0 aromatic carbocycles. The second-order valence-electron chi connectivity index (χ2n) is 2.80. The van der Waals surface area contributed by atoms with Crippen LogP contribution in [-0.4, -0.2) is 25.7 Å². The van der Waals surface area contributed by atoms with E-state index in [0.717, 1.165) is 25.9 Å². The first-order valence-electron chi connectivity index (χ1n) is 4.78. The second kappa shape index (κ2) is 9.26. The van der Waals surface area contributed by atoms with Gasteiger partial charge in [0.1, 0.15) is 6.61 Å². The Bertz CT molecular complexity index is 146. The summed E-state index contributed by atoms with van der Waals surface area (Å²) in [5, 5.41) is 3.14. The van der Waals surface area contributed by atoms with E-state index in [2.05, 4.69) is 11.9 Å². The summed E-state index contributed by atoms with van der Waals surface area (Å²) in [6, 6.07) is 0. The first-order chi connectivity index (χ1) is 6.31. The van der Waals surface area contributed by atoms with Gasteiger partial charge in [-0.15, -0.1) is 6.58 Å². The number of nitrogens with one attached hydrogen (secondary N) is 1. The van der Waals surface area contributed by atoms with E-state index in [1.807, 2.05) is 13.0 Å². The summed E-state index contributed by atoms with van der Waals surface area (Å²) >= 11 is 0. The number of carbonyl (C=O) groups is 1. The van der Waals surface area contributed by atoms with E-state index < -0.39 is 0 Å². The molecule has 0 fully saturated rings. The Morgan fingerprint density at radius 3 is 2.92 bits per heavy atom. The van der Waals surface area contributed by atoms with Gasteiger partial charge in [-0.2, -0.15) is 0 Å². The maximum atomic E-state index is 10.9. The van der Waals surface area contributed by atoms with Crippen LogP contribution in [0.25, 0.3) is 0 Å². The zero-order valence-electron chi connectivity index (χ0n) is 8.34. The highest BCUT2D eigenvalue weighted by atomic mass is 16.5. The van der Waals surface area contributed by atoms with E-state index in [1.54, 1.807) is 0 Å². The molecule has 1 N–H and O–H groups in total. The molecule has 0 unspecified atom stereocenters. The van der Waals surface area contributed by atoms with Crippen LogP contribution in [0.4, 0.5) is 0 Å². The largest absolute Gasteiger partial charge is 0.464 e. The molecule has 0 rings (SSSR count). The van der Waals surface area contributed by atoms with Crippen molar-refractivity contribution in [3.63, 3.8) is 0 Å². The monoisotopic (exact) mass is 185 g/mol. The van der Waals surface area contributed by atoms with Gasteiger partial charge < -0.3 is 10.1 Å². The van der Waals surface area contributed by atoms with Crippen molar-refractivity contribution in [3.05, 3.63) is 12.7 Å². The lowest BCUT2D eigenvalue weighted by Crippen LogP contribution is -2.22. The van der Waals surface area contributed by atoms with Gasteiger partial charge in [0.05, 0.1) is 0 Å². The molecule has 0 spiro atoms. The highest BCUT2D eigenvalue weighted by Gasteiger charge is 1.98. The number of hydrogen-bond donors (Lipinski definition) is 1. The van der Waals surface area contributed by atoms with Crippen LogP contribution < -0.4 is 5.32 Å². The lowest BCUT2D eigenvalue weighted by Gasteiger charge is -2.04. The van der Waals surface area contributed by atoms with Gasteiger partial charge in [-0.1, -0.05) is 13.0 Å². The maximum absolute atomic E-state index is 10.9. The van der Waals surface area contributed by atoms with Gasteiger partial charge in [0, 0.05) is 13.0 Å². The normalized spacial score (nSPS) is 9.62. The summed E-state index contributed by atoms with van der Waals surface area (Å²) in [6.45, 7) is 7.66. The Morgan fingerprint density at radius 2 is 2.31 bits per heavy atom. The predicted molar refractivity (Wildman–Crippen MR) is 53.6 cm³/mol. The van der Waals surface area contributed by atoms with E-state index >= 15 is 0 Å². The highest BCUT2D eigenvalue weighted by molar-refractivity contribution is 5.69. The summed E-state index contributed by atoms with van der Waals surface area (Å²) < 4.78 is 4.94. The van der Waals surface area contributed by atoms with Crippen molar-refractivity contribution in [1.29, 1.82) is 0 Å². The van der Waals surface area contributed by atoms with Gasteiger partial charge >= 0.3 is 5.97 Å². The molecule has 0 saturated heterocycles. The molecule has 0 aromatic heterocycles. The third kappa shape index (κ3) is 9.08. The van der Waals surface area contributed by atoms with E-state index in [0.29, 0.717) is 13.0 Å². The van der Waals surface area contributed by atoms with Crippen LogP contribution in [0.5, 0.6) is 0 Å². The molecular formula is C10H19NO2. The van der Waals surface area contributed by atoms with Crippen LogP contribution >= 0.6 is 0 Å². The smallest absolute Gasteiger partial charge is 0.305 e. The number of ether oxygens (including phenoxy) is 1. The fourth-order valence-electron chi connectivity index (χ4n) is 0.842. The topological polar surface area (TPSA) is 38.3 Å². The molecule has 0 aliphatic heterocycles. The van der Waals surface area contributed by atoms with Crippen LogP contribution in [0.1, 0.15) is 26.2 Å². The Labute approximate surface area is 80.2 Å². The number of carbonyl (C=O) groups excluding carboxylic acids is 1. The van der Waals surface area contributed by atoms with Gasteiger partial charge in [0.2, 0.25) is 0 Å². The number of esters is 1. The van der Waals surface area contributed by atoms with Gasteiger partial charge in [0.15, 0.2) is 0 Å². The number of hydrogen-bond acceptors (Lipinski definition) is 3. The first kappa shape index (κ1) is 12.2. The summed E-state index contributed by atoms with van der Waals surface area (Å²) in [7, 11) is 0. The minimum absolute atomic E-state index is 0.104. The summed E-state index contributed by atoms with van der Waals surface area (Å²) in [5.41, 5.74) is 0. The minimum Gasteiger partial charge on any atom is -0.464 e. The molecule has 0 radical (unpaired) electrons. The molecule has 3 nitrogen and oxygen atoms in total. The standard InChI is InChI=1S/C10H19NO2/c1-3-5-7-11-8-9-13-10(12)6-4-2/h3,11H,1,4-9H2,2H3. The van der Waals surface area contributed by atoms with E-state index in [9.17, 15) is 4.79 Å². The molecule has 76 valence electrons. The minimum atomic E-state index is -0.104. The van der Waals surface area contributed by atoms with Crippen molar-refractivity contribution in [2.45, 2.75) is 26.2 Å². The van der Waals surface area contributed by atoms with Crippen LogP contribution in [0, 0.1) is 0 Å². The average Bonchev–Trinajstić information content (AvgIpc) is 2.11. The third-order valence-electron chi connectivity index (χ3n) is 1.52. The van der Waals surface area contributed by atoms with Crippen molar-refractivity contribution in [2.75, 3.05) is 19.7 Å². The van der Waals surface area contributed by atoms with Crippen LogP contribution in [0.2, 0.25) is 0 Å². The summed E-state index contributed by atoms with van der Waals surface area (Å²) in [4.78, 5) is 10.9. The fraction of sp³-hybridized carbons (Fsp3) is 0.700. The van der Waals surface area contributed by atoms with Crippen molar-refractivity contribution in [2.24, 2.45) is 0 Å². The summed E-state index contributed by atoms with van der Waals surface area (Å²) in [6.07, 6.45) is 4.17. The average molecular weight is 185 g/mol. The molecule has 13 heavy (non-hydrogen) atoms. The lowest BCUT2D eigenvalue weighted by molar-refractivity contribution is -0.143. The molecule has 0 amide bonds. The quantitative estimate of drug-likeness (QED) is 0.354. The molecular weight excluding hydrogens is 166 g/mol. The zero-order chi connectivity index (χ0) is 9.94. The maximum Gasteiger partial charge on any atom is 0.305 e. The third-order valence-corrected chi connectivity index (χ3v) is 1.52. The van der Waals surface area contributed by atoms with Gasteiger partial charge in [0.25, 0.3) is 0 Å². The van der Waals surface area contributed by atoms with E-state index in [1.165, 1.54) is 0 Å². The Kier molecular flexibility index (Phi) is 8.67. The van der Waals surface area contributed by atoms with Crippen LogP contribution in [-0.2, 0) is 9.53 Å². The highest BCUT2D eigenvalue weighted by Crippen LogP contribution is 1.89. The van der Waals surface area contributed by atoms with Crippen molar-refractivity contribution < 1.29 is 9.53 Å². The van der Waals surface area contributed by atoms with Gasteiger partial charge in [-0.05, 0) is 19.4 Å². The number of rotatable bonds is 8. The molecule has 0 aliphatic carbocycles. The van der Waals surface area contributed by atoms with E-state index in [-0.39, 0.29) is 5.97 Å². The molecule has 0 aromatic rings. The fourth-order valence-corrected chi connectivity index (χ4v) is 0.842. The predicted octanol–water partition coefficient (Wildman–Crippen LogP) is 1.50. The van der Waals surface area contributed by atoms with Crippen molar-refractivity contribution in [3.8, 4) is 0 Å². The van der Waals surface area contributed by atoms with Crippen molar-refractivity contribution >= 4 is 5.97 Å². The molecule has 0 bridgehead atoms. The van der Waals surface area contributed by atoms with E-state index in [4.69, 9.17) is 4.74 Å². The lowest BCUT2D eigenvalue weighted by atomic mass is 10.3. The van der Waals surface area contributed by atoms with Crippen LogP contribution in [0.15, 0.2) is 12.7 Å². The second-order valence-corrected chi connectivity index (χ2v) is 2.80. The molecule has 0 atom stereocenters. The van der Waals surface area contributed by atoms with Gasteiger partial charge in [-0.25, -0.2) is 0 Å².